The summed E-state index contributed by atoms with van der Waals surface area (Å²) >= 11 is 0. The number of nitrogens with zero attached hydrogens (tertiary/aromatic N) is 2. The van der Waals surface area contributed by atoms with Gasteiger partial charge in [0.25, 0.3) is 23.6 Å². The van der Waals surface area contributed by atoms with Crippen LogP contribution in [0.3, 0.4) is 0 Å². The summed E-state index contributed by atoms with van der Waals surface area (Å²) in [4.78, 5) is 80.6. The molecule has 2 atom stereocenters. The van der Waals surface area contributed by atoms with Crippen LogP contribution in [0.5, 0.6) is 0 Å². The average Bonchev–Trinajstić information content (AvgIpc) is 3.55. The fourth-order valence-corrected chi connectivity index (χ4v) is 6.26. The number of esters is 2. The molecule has 4 amide bonds. The van der Waals surface area contributed by atoms with Gasteiger partial charge in [0.2, 0.25) is 0 Å². The Balaban J connectivity index is 1.28. The molecule has 4 aromatic rings. The smallest absolute Gasteiger partial charge is 0.340 e. The first-order valence-electron chi connectivity index (χ1n) is 16.9. The van der Waals surface area contributed by atoms with E-state index in [1.165, 1.54) is 25.2 Å². The van der Waals surface area contributed by atoms with Crippen LogP contribution in [0.2, 0.25) is 0 Å². The van der Waals surface area contributed by atoms with E-state index in [-0.39, 0.29) is 52.3 Å². The van der Waals surface area contributed by atoms with Crippen molar-refractivity contribution in [1.29, 1.82) is 0 Å². The normalized spacial score (nSPS) is 14.6. The van der Waals surface area contributed by atoms with E-state index in [0.717, 1.165) is 9.80 Å². The Labute approximate surface area is 308 Å². The maximum absolute atomic E-state index is 13.9. The number of ether oxygens (including phenoxy) is 2. The lowest BCUT2D eigenvalue weighted by Gasteiger charge is -2.19. The van der Waals surface area contributed by atoms with Crippen LogP contribution < -0.4 is 4.90 Å². The number of carbonyl (C=O) groups excluding carboxylic acids is 6. The second-order valence-electron chi connectivity index (χ2n) is 13.1. The third-order valence-electron chi connectivity index (χ3n) is 9.20. The Kier molecular flexibility index (Phi) is 10.8. The van der Waals surface area contributed by atoms with Crippen LogP contribution in [0.15, 0.2) is 72.8 Å². The molecule has 0 saturated heterocycles. The van der Waals surface area contributed by atoms with Crippen molar-refractivity contribution in [3.05, 3.63) is 134 Å². The van der Waals surface area contributed by atoms with Gasteiger partial charge in [0, 0.05) is 7.05 Å². The molecule has 2 heterocycles. The second kappa shape index (κ2) is 15.5. The van der Waals surface area contributed by atoms with Gasteiger partial charge >= 0.3 is 11.9 Å². The van der Waals surface area contributed by atoms with E-state index in [4.69, 9.17) is 14.6 Å². The molecule has 14 nitrogen and oxygen atoms in total. The third-order valence-corrected chi connectivity index (χ3v) is 9.20. The largest absolute Gasteiger partial charge is 0.459 e. The highest BCUT2D eigenvalue weighted by atomic mass is 16.5. The van der Waals surface area contributed by atoms with Crippen LogP contribution in [0, 0.1) is 6.92 Å². The lowest BCUT2D eigenvalue weighted by Crippen LogP contribution is -2.31. The van der Waals surface area contributed by atoms with Gasteiger partial charge in [0.05, 0.1) is 52.3 Å². The van der Waals surface area contributed by atoms with Crippen molar-refractivity contribution < 1.29 is 58.7 Å². The molecule has 2 aliphatic rings. The van der Waals surface area contributed by atoms with Crippen LogP contribution in [0.25, 0.3) is 0 Å². The van der Waals surface area contributed by atoms with Gasteiger partial charge in [-0.3, -0.25) is 24.1 Å². The van der Waals surface area contributed by atoms with Crippen molar-refractivity contribution in [2.75, 3.05) is 38.4 Å². The van der Waals surface area contributed by atoms with Gasteiger partial charge in [-0.15, -0.1) is 0 Å². The zero-order valence-corrected chi connectivity index (χ0v) is 29.3. The Hall–Kier alpha value is -6.06. The number of hydrogen-bond acceptors (Lipinski definition) is 12. The summed E-state index contributed by atoms with van der Waals surface area (Å²) in [6, 6.07) is 19.2. The molecule has 6 rings (SSSR count). The van der Waals surface area contributed by atoms with Crippen molar-refractivity contribution in [2.24, 2.45) is 0 Å². The minimum atomic E-state index is -1.37. The molecule has 4 N–H and O–H groups in total. The number of aliphatic hydroxyl groups is 4. The summed E-state index contributed by atoms with van der Waals surface area (Å²) in [5.74, 6) is -3.85. The van der Waals surface area contributed by atoms with E-state index in [1.807, 2.05) is 0 Å². The Morgan fingerprint density at radius 1 is 0.593 bits per heavy atom. The molecular weight excluding hydrogens is 700 g/mol. The number of benzene rings is 4. The first kappa shape index (κ1) is 37.7. The molecule has 2 aliphatic heterocycles. The minimum absolute atomic E-state index is 0.0727. The summed E-state index contributed by atoms with van der Waals surface area (Å²) in [7, 11) is 1.41. The molecule has 0 fully saturated rings. The second-order valence-corrected chi connectivity index (χ2v) is 13.1. The number of aliphatic hydroxyl groups excluding tert-OH is 4. The van der Waals surface area contributed by atoms with E-state index in [9.17, 15) is 44.1 Å². The van der Waals surface area contributed by atoms with E-state index in [2.05, 4.69) is 0 Å². The van der Waals surface area contributed by atoms with Crippen LogP contribution in [-0.4, -0.2) is 107 Å². The minimum Gasteiger partial charge on any atom is -0.459 e. The molecule has 278 valence electrons. The first-order valence-corrected chi connectivity index (χ1v) is 16.9. The molecule has 0 radical (unpaired) electrons. The highest BCUT2D eigenvalue weighted by molar-refractivity contribution is 6.35. The quantitative estimate of drug-likeness (QED) is 0.115. The van der Waals surface area contributed by atoms with E-state index in [1.54, 1.807) is 61.5 Å². The SMILES string of the molecule is Cc1ccc(Cc2ccc(N3C(=O)c4ccc(Cc5ccc6c(c5)C(=O)N(C)C6=O)cc4C3=O)c(C(=O)OCC(O)CO)c2)cc1C(=O)OCC(O)CO. The molecule has 54 heavy (non-hydrogen) atoms. The molecule has 0 saturated carbocycles. The number of aryl methyl sites for hydroxylation is 1. The van der Waals surface area contributed by atoms with Crippen LogP contribution in [-0.2, 0) is 22.3 Å². The van der Waals surface area contributed by atoms with E-state index >= 15 is 0 Å². The maximum Gasteiger partial charge on any atom is 0.340 e. The Bertz CT molecular complexity index is 2210. The predicted molar refractivity (Wildman–Crippen MR) is 190 cm³/mol. The third kappa shape index (κ3) is 7.40. The summed E-state index contributed by atoms with van der Waals surface area (Å²) < 4.78 is 10.4. The van der Waals surface area contributed by atoms with Crippen LogP contribution in [0.1, 0.15) is 90.0 Å². The fourth-order valence-electron chi connectivity index (χ4n) is 6.26. The van der Waals surface area contributed by atoms with Gasteiger partial charge in [-0.05, 0) is 90.0 Å². The molecule has 0 spiro atoms. The Morgan fingerprint density at radius 3 is 1.59 bits per heavy atom. The summed E-state index contributed by atoms with van der Waals surface area (Å²) in [5.41, 5.74) is 3.91. The van der Waals surface area contributed by atoms with Crippen molar-refractivity contribution in [1.82, 2.24) is 4.90 Å². The molecular formula is C40H36N2O12. The number of fused-ring (bicyclic) bond motifs is 2. The number of imide groups is 2. The number of amides is 4. The zero-order chi connectivity index (χ0) is 38.8. The average molecular weight is 737 g/mol. The topological polar surface area (TPSA) is 208 Å². The highest BCUT2D eigenvalue weighted by Crippen LogP contribution is 2.34. The van der Waals surface area contributed by atoms with Gasteiger partial charge < -0.3 is 29.9 Å². The molecule has 0 aromatic heterocycles. The summed E-state index contributed by atoms with van der Waals surface area (Å²) in [6.45, 7) is -0.494. The number of hydrogen-bond donors (Lipinski definition) is 4. The molecule has 0 bridgehead atoms. The van der Waals surface area contributed by atoms with Gasteiger partial charge in [0.15, 0.2) is 0 Å². The molecule has 2 unspecified atom stereocenters. The van der Waals surface area contributed by atoms with Gasteiger partial charge in [0.1, 0.15) is 25.4 Å². The molecule has 4 aromatic carbocycles. The molecule has 14 heteroatoms. The predicted octanol–water partition coefficient (Wildman–Crippen LogP) is 2.22. The van der Waals surface area contributed by atoms with E-state index < -0.39 is 68.3 Å². The van der Waals surface area contributed by atoms with Gasteiger partial charge in [-0.1, -0.05) is 30.3 Å². The van der Waals surface area contributed by atoms with Crippen molar-refractivity contribution in [3.63, 3.8) is 0 Å². The Morgan fingerprint density at radius 2 is 1.02 bits per heavy atom. The maximum atomic E-state index is 13.9. The van der Waals surface area contributed by atoms with Gasteiger partial charge in [-0.25, -0.2) is 14.5 Å². The first-order chi connectivity index (χ1) is 25.8. The van der Waals surface area contributed by atoms with Crippen LogP contribution >= 0.6 is 0 Å². The lowest BCUT2D eigenvalue weighted by atomic mass is 9.97. The monoisotopic (exact) mass is 736 g/mol. The zero-order valence-electron chi connectivity index (χ0n) is 29.3. The number of carbonyl (C=O) groups is 6. The number of rotatable bonds is 13. The van der Waals surface area contributed by atoms with Crippen LogP contribution in [0.4, 0.5) is 5.69 Å². The van der Waals surface area contributed by atoms with Gasteiger partial charge in [-0.2, -0.15) is 0 Å². The number of anilines is 1. The summed E-state index contributed by atoms with van der Waals surface area (Å²) in [6.07, 6.45) is -2.12. The highest BCUT2D eigenvalue weighted by Gasteiger charge is 2.39. The van der Waals surface area contributed by atoms with Crippen molar-refractivity contribution in [2.45, 2.75) is 32.0 Å². The van der Waals surface area contributed by atoms with Crippen molar-refractivity contribution in [3.8, 4) is 0 Å². The fraction of sp³-hybridized carbons (Fsp3) is 0.250. The summed E-state index contributed by atoms with van der Waals surface area (Å²) in [5, 5.41) is 37.7. The molecule has 0 aliphatic carbocycles. The lowest BCUT2D eigenvalue weighted by molar-refractivity contribution is 0.00899. The van der Waals surface area contributed by atoms with Crippen molar-refractivity contribution >= 4 is 41.3 Å². The van der Waals surface area contributed by atoms with E-state index in [0.29, 0.717) is 33.4 Å². The standard InChI is InChI=1S/C40H36N2O12/c1-21-3-4-22(13-30(21)39(51)53-19-26(45)17-43)11-25-7-10-34(33(16-25)40(52)54-20-27(46)18-44)42-37(49)29-9-6-24(15-32(29)38(42)50)12-23-5-8-28-31(14-23)36(48)41(2)35(28)47/h3-10,13-16,26-27,43-46H,11-12,17-20H2,1-2H3.